The Balaban J connectivity index is 1.35. The fourth-order valence-corrected chi connectivity index (χ4v) is 3.38. The van der Waals surface area contributed by atoms with Gasteiger partial charge in [-0.2, -0.15) is 0 Å². The maximum Gasteiger partial charge on any atom is 0.223 e. The Hall–Kier alpha value is -1.81. The first-order valence-corrected chi connectivity index (χ1v) is 8.78. The number of anilines is 1. The molecule has 0 saturated carbocycles. The number of nitrogens with one attached hydrogen (secondary N) is 1. The number of hydrogen-bond donors (Lipinski definition) is 1. The molecule has 1 N–H and O–H groups in total. The summed E-state index contributed by atoms with van der Waals surface area (Å²) in [5, 5.41) is 3.11. The standard InChI is InChI=1S/C19H27N3O/c23-19(17-7-3-1-4-8-17)20-11-12-21-13-15-22(16-14-21)18-9-5-2-6-10-18/h1-3,5-6,9-10,17H,4,7-8,11-16H2,(H,20,23). The molecule has 1 aliphatic heterocycles. The third kappa shape index (κ3) is 4.58. The van der Waals surface area contributed by atoms with Crippen molar-refractivity contribution in [2.24, 2.45) is 5.92 Å². The minimum atomic E-state index is 0.190. The van der Waals surface area contributed by atoms with E-state index in [-0.39, 0.29) is 11.8 Å². The second kappa shape index (κ2) is 8.16. The highest BCUT2D eigenvalue weighted by Crippen LogP contribution is 2.18. The molecule has 2 aliphatic rings. The van der Waals surface area contributed by atoms with Crippen molar-refractivity contribution in [1.29, 1.82) is 0 Å². The number of carbonyl (C=O) groups excluding carboxylic acids is 1. The molecule has 1 fully saturated rings. The minimum Gasteiger partial charge on any atom is -0.369 e. The molecule has 1 unspecified atom stereocenters. The van der Waals surface area contributed by atoms with E-state index in [4.69, 9.17) is 0 Å². The first-order chi connectivity index (χ1) is 11.3. The summed E-state index contributed by atoms with van der Waals surface area (Å²) in [5.74, 6) is 0.423. The van der Waals surface area contributed by atoms with Gasteiger partial charge in [-0.1, -0.05) is 30.4 Å². The van der Waals surface area contributed by atoms with Crippen LogP contribution in [0.5, 0.6) is 0 Å². The van der Waals surface area contributed by atoms with Crippen LogP contribution in [-0.4, -0.2) is 50.1 Å². The highest BCUT2D eigenvalue weighted by atomic mass is 16.1. The van der Waals surface area contributed by atoms with Gasteiger partial charge in [-0.05, 0) is 31.4 Å². The predicted molar refractivity (Wildman–Crippen MR) is 94.6 cm³/mol. The Bertz CT molecular complexity index is 521. The number of nitrogens with zero attached hydrogens (tertiary/aromatic N) is 2. The van der Waals surface area contributed by atoms with E-state index in [1.165, 1.54) is 5.69 Å². The van der Waals surface area contributed by atoms with Crippen LogP contribution in [0.1, 0.15) is 19.3 Å². The summed E-state index contributed by atoms with van der Waals surface area (Å²) >= 11 is 0. The van der Waals surface area contributed by atoms with Crippen LogP contribution in [0.3, 0.4) is 0 Å². The van der Waals surface area contributed by atoms with Crippen molar-refractivity contribution >= 4 is 11.6 Å². The van der Waals surface area contributed by atoms with Crippen LogP contribution < -0.4 is 10.2 Å². The van der Waals surface area contributed by atoms with Crippen LogP contribution in [0.4, 0.5) is 5.69 Å². The molecule has 1 aromatic rings. The molecular formula is C19H27N3O. The van der Waals surface area contributed by atoms with E-state index in [9.17, 15) is 4.79 Å². The maximum atomic E-state index is 12.1. The lowest BCUT2D eigenvalue weighted by atomic mass is 9.94. The molecule has 1 heterocycles. The van der Waals surface area contributed by atoms with Crippen LogP contribution in [0.25, 0.3) is 0 Å². The van der Waals surface area contributed by atoms with E-state index in [0.717, 1.165) is 58.5 Å². The Morgan fingerprint density at radius 2 is 1.87 bits per heavy atom. The van der Waals surface area contributed by atoms with Crippen LogP contribution in [0, 0.1) is 5.92 Å². The van der Waals surface area contributed by atoms with E-state index in [1.807, 2.05) is 0 Å². The third-order valence-electron chi connectivity index (χ3n) is 4.86. The summed E-state index contributed by atoms with van der Waals surface area (Å²) in [6.07, 6.45) is 7.26. The summed E-state index contributed by atoms with van der Waals surface area (Å²) in [6.45, 7) is 5.98. The van der Waals surface area contributed by atoms with Gasteiger partial charge < -0.3 is 10.2 Å². The van der Waals surface area contributed by atoms with Gasteiger partial charge >= 0.3 is 0 Å². The van der Waals surface area contributed by atoms with Gasteiger partial charge in [0.15, 0.2) is 0 Å². The van der Waals surface area contributed by atoms with Crippen LogP contribution in [0.15, 0.2) is 42.5 Å². The second-order valence-electron chi connectivity index (χ2n) is 6.44. The summed E-state index contributed by atoms with van der Waals surface area (Å²) in [6, 6.07) is 10.6. The maximum absolute atomic E-state index is 12.1. The summed E-state index contributed by atoms with van der Waals surface area (Å²) in [4.78, 5) is 17.0. The number of rotatable bonds is 5. The van der Waals surface area contributed by atoms with Gasteiger partial charge in [0.05, 0.1) is 0 Å². The quantitative estimate of drug-likeness (QED) is 0.847. The van der Waals surface area contributed by atoms with E-state index >= 15 is 0 Å². The lowest BCUT2D eigenvalue weighted by Crippen LogP contribution is -2.48. The summed E-state index contributed by atoms with van der Waals surface area (Å²) < 4.78 is 0. The van der Waals surface area contributed by atoms with Crippen LogP contribution >= 0.6 is 0 Å². The highest BCUT2D eigenvalue weighted by molar-refractivity contribution is 5.78. The van der Waals surface area contributed by atoms with E-state index in [1.54, 1.807) is 0 Å². The Kier molecular flexibility index (Phi) is 5.70. The van der Waals surface area contributed by atoms with Crippen LogP contribution in [-0.2, 0) is 4.79 Å². The summed E-state index contributed by atoms with van der Waals surface area (Å²) in [5.41, 5.74) is 1.31. The molecule has 4 nitrogen and oxygen atoms in total. The van der Waals surface area contributed by atoms with E-state index in [2.05, 4.69) is 57.6 Å². The first-order valence-electron chi connectivity index (χ1n) is 8.78. The average Bonchev–Trinajstić information content (AvgIpc) is 2.64. The van der Waals surface area contributed by atoms with Gasteiger partial charge in [0.1, 0.15) is 0 Å². The molecule has 1 aliphatic carbocycles. The number of amides is 1. The van der Waals surface area contributed by atoms with E-state index in [0.29, 0.717) is 0 Å². The average molecular weight is 313 g/mol. The van der Waals surface area contributed by atoms with Crippen molar-refractivity contribution in [3.8, 4) is 0 Å². The van der Waals surface area contributed by atoms with Gasteiger partial charge in [-0.15, -0.1) is 0 Å². The van der Waals surface area contributed by atoms with Gasteiger partial charge in [-0.25, -0.2) is 0 Å². The van der Waals surface area contributed by atoms with Crippen molar-refractivity contribution in [1.82, 2.24) is 10.2 Å². The van der Waals surface area contributed by atoms with Crippen molar-refractivity contribution in [2.45, 2.75) is 19.3 Å². The van der Waals surface area contributed by atoms with Gasteiger partial charge in [-0.3, -0.25) is 9.69 Å². The number of benzene rings is 1. The minimum absolute atomic E-state index is 0.190. The number of piperazine rings is 1. The molecule has 1 saturated heterocycles. The molecule has 0 radical (unpaired) electrons. The summed E-state index contributed by atoms with van der Waals surface area (Å²) in [7, 11) is 0. The lowest BCUT2D eigenvalue weighted by Gasteiger charge is -2.36. The Morgan fingerprint density at radius 3 is 2.57 bits per heavy atom. The van der Waals surface area contributed by atoms with Crippen molar-refractivity contribution in [2.75, 3.05) is 44.2 Å². The molecule has 1 amide bonds. The fourth-order valence-electron chi connectivity index (χ4n) is 3.38. The number of hydrogen-bond acceptors (Lipinski definition) is 3. The second-order valence-corrected chi connectivity index (χ2v) is 6.44. The molecule has 4 heteroatoms. The highest BCUT2D eigenvalue weighted by Gasteiger charge is 2.19. The molecule has 3 rings (SSSR count). The molecule has 23 heavy (non-hydrogen) atoms. The molecule has 124 valence electrons. The molecule has 1 atom stereocenters. The Labute approximate surface area is 139 Å². The molecule has 0 bridgehead atoms. The zero-order valence-corrected chi connectivity index (χ0v) is 13.8. The predicted octanol–water partition coefficient (Wildman–Crippen LogP) is 2.28. The monoisotopic (exact) mass is 313 g/mol. The number of para-hydroxylation sites is 1. The largest absolute Gasteiger partial charge is 0.369 e. The van der Waals surface area contributed by atoms with Crippen molar-refractivity contribution < 1.29 is 4.79 Å². The van der Waals surface area contributed by atoms with Crippen molar-refractivity contribution in [3.63, 3.8) is 0 Å². The van der Waals surface area contributed by atoms with E-state index < -0.39 is 0 Å². The zero-order valence-electron chi connectivity index (χ0n) is 13.8. The normalized spacial score (nSPS) is 22.1. The van der Waals surface area contributed by atoms with Crippen molar-refractivity contribution in [3.05, 3.63) is 42.5 Å². The lowest BCUT2D eigenvalue weighted by molar-refractivity contribution is -0.125. The fraction of sp³-hybridized carbons (Fsp3) is 0.526. The molecule has 1 aromatic carbocycles. The number of carbonyl (C=O) groups is 1. The van der Waals surface area contributed by atoms with Gasteiger partial charge in [0.25, 0.3) is 0 Å². The third-order valence-corrected chi connectivity index (χ3v) is 4.86. The zero-order chi connectivity index (χ0) is 15.9. The van der Waals surface area contributed by atoms with Gasteiger partial charge in [0.2, 0.25) is 5.91 Å². The van der Waals surface area contributed by atoms with Crippen LogP contribution in [0.2, 0.25) is 0 Å². The topological polar surface area (TPSA) is 35.6 Å². The number of allylic oxidation sites excluding steroid dienone is 2. The van der Waals surface area contributed by atoms with Gasteiger partial charge in [0, 0.05) is 50.9 Å². The first kappa shape index (κ1) is 16.1. The molecular weight excluding hydrogens is 286 g/mol. The molecule has 0 aromatic heterocycles. The SMILES string of the molecule is O=C(NCCN1CCN(c2ccccc2)CC1)C1CC=CCC1. The molecule has 0 spiro atoms. The Morgan fingerprint density at radius 1 is 1.09 bits per heavy atom. The smallest absolute Gasteiger partial charge is 0.223 e.